The van der Waals surface area contributed by atoms with Crippen molar-refractivity contribution in [3.05, 3.63) is 12.8 Å². The van der Waals surface area contributed by atoms with Crippen LogP contribution in [0, 0.1) is 0 Å². The summed E-state index contributed by atoms with van der Waals surface area (Å²) >= 11 is 0. The lowest BCUT2D eigenvalue weighted by Gasteiger charge is -2.39. The Kier molecular flexibility index (Phi) is 10.2. The van der Waals surface area contributed by atoms with E-state index in [9.17, 15) is 8.78 Å². The minimum absolute atomic E-state index is 0.212. The molecule has 2 nitrogen and oxygen atoms in total. The van der Waals surface area contributed by atoms with E-state index in [1.54, 1.807) is 6.92 Å². The molecule has 1 saturated heterocycles. The van der Waals surface area contributed by atoms with Crippen molar-refractivity contribution < 1.29 is 8.78 Å². The molecule has 0 spiro atoms. The first-order valence-corrected chi connectivity index (χ1v) is 5.75. The Labute approximate surface area is 98.1 Å². The van der Waals surface area contributed by atoms with Crippen LogP contribution in [0.15, 0.2) is 17.8 Å². The highest BCUT2D eigenvalue weighted by atomic mass is 19.3. The van der Waals surface area contributed by atoms with E-state index in [1.165, 1.54) is 17.5 Å². The quantitative estimate of drug-likeness (QED) is 0.495. The van der Waals surface area contributed by atoms with Crippen LogP contribution in [0.4, 0.5) is 8.78 Å². The summed E-state index contributed by atoms with van der Waals surface area (Å²) in [4.78, 5) is 5.30. The highest BCUT2D eigenvalue weighted by Gasteiger charge is 2.44. The van der Waals surface area contributed by atoms with Gasteiger partial charge in [-0.2, -0.15) is 0 Å². The molecule has 0 aromatic carbocycles. The molecule has 1 heterocycles. The van der Waals surface area contributed by atoms with E-state index < -0.39 is 5.92 Å². The monoisotopic (exact) mass is 234 g/mol. The fraction of sp³-hybridized carbons (Fsp3) is 0.750. The molecule has 0 saturated carbocycles. The minimum atomic E-state index is -2.52. The number of amidine groups is 1. The summed E-state index contributed by atoms with van der Waals surface area (Å²) < 4.78 is 24.5. The summed E-state index contributed by atoms with van der Waals surface area (Å²) in [7, 11) is 0. The largest absolute Gasteiger partial charge is 0.348 e. The summed E-state index contributed by atoms with van der Waals surface area (Å²) in [6.07, 6.45) is 2.60. The van der Waals surface area contributed by atoms with Crippen molar-refractivity contribution >= 4 is 5.84 Å². The van der Waals surface area contributed by atoms with Gasteiger partial charge in [0.05, 0.1) is 13.1 Å². The Morgan fingerprint density at radius 1 is 1.38 bits per heavy atom. The molecule has 0 atom stereocenters. The number of halogens is 2. The molecule has 1 aliphatic rings. The average Bonchev–Trinajstić information content (AvgIpc) is 2.19. The predicted octanol–water partition coefficient (Wildman–Crippen LogP) is 3.94. The van der Waals surface area contributed by atoms with E-state index in [1.807, 2.05) is 13.8 Å². The van der Waals surface area contributed by atoms with Crippen molar-refractivity contribution in [2.45, 2.75) is 47.0 Å². The number of hydrogen-bond acceptors (Lipinski definition) is 1. The van der Waals surface area contributed by atoms with Gasteiger partial charge in [0.25, 0.3) is 5.92 Å². The molecule has 1 rings (SSSR count). The van der Waals surface area contributed by atoms with Gasteiger partial charge in [0, 0.05) is 6.20 Å². The van der Waals surface area contributed by atoms with Crippen molar-refractivity contribution in [3.63, 3.8) is 0 Å². The third-order valence-corrected chi connectivity index (χ3v) is 1.58. The average molecular weight is 234 g/mol. The lowest BCUT2D eigenvalue weighted by molar-refractivity contribution is -0.101. The number of rotatable bonds is 1. The molecule has 1 fully saturated rings. The molecule has 0 aromatic heterocycles. The fourth-order valence-corrected chi connectivity index (χ4v) is 0.955. The zero-order chi connectivity index (χ0) is 13.2. The molecule has 0 amide bonds. The zero-order valence-corrected chi connectivity index (χ0v) is 11.1. The SMILES string of the molecule is C=CN=C(C)N1CC(F)(F)C1.CC.CCC. The molecule has 0 aliphatic carbocycles. The maximum absolute atomic E-state index is 12.3. The van der Waals surface area contributed by atoms with Crippen LogP contribution in [0.5, 0.6) is 0 Å². The molecular formula is C12H24F2N2. The molecule has 0 unspecified atom stereocenters. The van der Waals surface area contributed by atoms with Crippen LogP contribution in [0.1, 0.15) is 41.0 Å². The van der Waals surface area contributed by atoms with E-state index in [0.717, 1.165) is 0 Å². The van der Waals surface area contributed by atoms with Crippen molar-refractivity contribution in [1.82, 2.24) is 4.90 Å². The second-order valence-corrected chi connectivity index (χ2v) is 3.28. The lowest BCUT2D eigenvalue weighted by atomic mass is 10.1. The van der Waals surface area contributed by atoms with Crippen molar-refractivity contribution in [2.24, 2.45) is 4.99 Å². The topological polar surface area (TPSA) is 15.6 Å². The van der Waals surface area contributed by atoms with Gasteiger partial charge in [0.1, 0.15) is 5.84 Å². The number of likely N-dealkylation sites (tertiary alicyclic amines) is 1. The van der Waals surface area contributed by atoms with Crippen LogP contribution < -0.4 is 0 Å². The molecule has 0 radical (unpaired) electrons. The maximum Gasteiger partial charge on any atom is 0.282 e. The molecular weight excluding hydrogens is 210 g/mol. The molecule has 16 heavy (non-hydrogen) atoms. The normalized spacial score (nSPS) is 17.2. The third kappa shape index (κ3) is 7.37. The number of alkyl halides is 2. The van der Waals surface area contributed by atoms with Gasteiger partial charge in [-0.15, -0.1) is 0 Å². The third-order valence-electron chi connectivity index (χ3n) is 1.58. The van der Waals surface area contributed by atoms with Gasteiger partial charge in [0.2, 0.25) is 0 Å². The summed E-state index contributed by atoms with van der Waals surface area (Å²) in [5.41, 5.74) is 0. The molecule has 0 bridgehead atoms. The summed E-state index contributed by atoms with van der Waals surface area (Å²) in [6, 6.07) is 0. The summed E-state index contributed by atoms with van der Waals surface area (Å²) in [5.74, 6) is -1.91. The van der Waals surface area contributed by atoms with Crippen LogP contribution in [0.2, 0.25) is 0 Å². The first-order valence-electron chi connectivity index (χ1n) is 5.75. The van der Waals surface area contributed by atoms with Crippen LogP contribution in [0.25, 0.3) is 0 Å². The number of hydrogen-bond donors (Lipinski definition) is 0. The molecule has 0 aromatic rings. The molecule has 1 aliphatic heterocycles. The Balaban J connectivity index is 0. The lowest BCUT2D eigenvalue weighted by Crippen LogP contribution is -2.57. The fourth-order valence-electron chi connectivity index (χ4n) is 0.955. The van der Waals surface area contributed by atoms with E-state index in [0.29, 0.717) is 5.84 Å². The van der Waals surface area contributed by atoms with E-state index in [4.69, 9.17) is 0 Å². The van der Waals surface area contributed by atoms with E-state index >= 15 is 0 Å². The van der Waals surface area contributed by atoms with Gasteiger partial charge < -0.3 is 4.90 Å². The standard InChI is InChI=1S/C7H10F2N2.C3H8.C2H6/c1-3-10-6(2)11-4-7(8,9)5-11;1-3-2;1-2/h3H,1,4-5H2,2H3;3H2,1-2H3;1-2H3. The van der Waals surface area contributed by atoms with Gasteiger partial charge in [-0.05, 0) is 6.92 Å². The smallest absolute Gasteiger partial charge is 0.282 e. The molecule has 0 N–H and O–H groups in total. The first-order chi connectivity index (χ1) is 7.46. The van der Waals surface area contributed by atoms with Crippen molar-refractivity contribution in [2.75, 3.05) is 13.1 Å². The van der Waals surface area contributed by atoms with Gasteiger partial charge in [0.15, 0.2) is 0 Å². The van der Waals surface area contributed by atoms with E-state index in [-0.39, 0.29) is 13.1 Å². The Morgan fingerprint density at radius 2 is 1.75 bits per heavy atom. The first kappa shape index (κ1) is 17.5. The van der Waals surface area contributed by atoms with Crippen LogP contribution >= 0.6 is 0 Å². The predicted molar refractivity (Wildman–Crippen MR) is 67.1 cm³/mol. The Hall–Kier alpha value is -0.930. The van der Waals surface area contributed by atoms with Gasteiger partial charge in [-0.1, -0.05) is 40.7 Å². The molecule has 96 valence electrons. The highest BCUT2D eigenvalue weighted by Crippen LogP contribution is 2.26. The number of nitrogens with zero attached hydrogens (tertiary/aromatic N) is 2. The minimum Gasteiger partial charge on any atom is -0.348 e. The van der Waals surface area contributed by atoms with E-state index in [2.05, 4.69) is 25.4 Å². The Bertz CT molecular complexity index is 205. The van der Waals surface area contributed by atoms with Gasteiger partial charge in [-0.25, -0.2) is 13.8 Å². The van der Waals surface area contributed by atoms with Gasteiger partial charge >= 0.3 is 0 Å². The second-order valence-electron chi connectivity index (χ2n) is 3.28. The van der Waals surface area contributed by atoms with Crippen LogP contribution in [-0.2, 0) is 0 Å². The highest BCUT2D eigenvalue weighted by molar-refractivity contribution is 5.81. The maximum atomic E-state index is 12.3. The van der Waals surface area contributed by atoms with Gasteiger partial charge in [-0.3, -0.25) is 0 Å². The Morgan fingerprint density at radius 3 is 2.00 bits per heavy atom. The van der Waals surface area contributed by atoms with Crippen molar-refractivity contribution in [1.29, 1.82) is 0 Å². The molecule has 4 heteroatoms. The summed E-state index contributed by atoms with van der Waals surface area (Å²) in [5, 5.41) is 0. The summed E-state index contributed by atoms with van der Waals surface area (Å²) in [6.45, 7) is 12.9. The van der Waals surface area contributed by atoms with Crippen molar-refractivity contribution in [3.8, 4) is 0 Å². The number of aliphatic imine (C=N–C) groups is 1. The zero-order valence-electron chi connectivity index (χ0n) is 11.1. The second kappa shape index (κ2) is 9.31. The van der Waals surface area contributed by atoms with Crippen LogP contribution in [-0.4, -0.2) is 29.7 Å². The van der Waals surface area contributed by atoms with Crippen LogP contribution in [0.3, 0.4) is 0 Å².